The van der Waals surface area contributed by atoms with Gasteiger partial charge in [0.05, 0.1) is 11.5 Å². The highest BCUT2D eigenvalue weighted by molar-refractivity contribution is 5.86. The number of oxime groups is 1. The fourth-order valence-corrected chi connectivity index (χ4v) is 1.23. The van der Waals surface area contributed by atoms with Crippen molar-refractivity contribution in [1.82, 2.24) is 5.32 Å². The third kappa shape index (κ3) is 3.51. The fourth-order valence-electron chi connectivity index (χ4n) is 1.23. The molecule has 1 atom stereocenters. The molecular weight excluding hydrogens is 194 g/mol. The Morgan fingerprint density at radius 3 is 2.67 bits per heavy atom. The highest BCUT2D eigenvalue weighted by Crippen LogP contribution is 2.15. The van der Waals surface area contributed by atoms with Gasteiger partial charge in [0.2, 0.25) is 0 Å². The van der Waals surface area contributed by atoms with Crippen LogP contribution in [0.3, 0.4) is 0 Å². The Hall–Kier alpha value is -1.10. The SMILES string of the molecule is CC(C)(C)C(=O)O/N=C(\N)C1CCCN1. The van der Waals surface area contributed by atoms with E-state index < -0.39 is 5.41 Å². The van der Waals surface area contributed by atoms with Crippen LogP contribution in [0.1, 0.15) is 33.6 Å². The maximum atomic E-state index is 11.4. The highest BCUT2D eigenvalue weighted by atomic mass is 16.7. The maximum Gasteiger partial charge on any atom is 0.340 e. The number of carbonyl (C=O) groups excluding carboxylic acids is 1. The Morgan fingerprint density at radius 1 is 1.53 bits per heavy atom. The fraction of sp³-hybridized carbons (Fsp3) is 0.800. The summed E-state index contributed by atoms with van der Waals surface area (Å²) < 4.78 is 0. The predicted molar refractivity (Wildman–Crippen MR) is 58.2 cm³/mol. The van der Waals surface area contributed by atoms with Crippen LogP contribution in [-0.2, 0) is 9.63 Å². The van der Waals surface area contributed by atoms with Gasteiger partial charge < -0.3 is 15.9 Å². The van der Waals surface area contributed by atoms with Crippen molar-refractivity contribution in [2.24, 2.45) is 16.3 Å². The molecule has 1 unspecified atom stereocenters. The van der Waals surface area contributed by atoms with Crippen molar-refractivity contribution in [3.8, 4) is 0 Å². The van der Waals surface area contributed by atoms with E-state index in [1.54, 1.807) is 20.8 Å². The zero-order chi connectivity index (χ0) is 11.5. The van der Waals surface area contributed by atoms with Crippen LogP contribution in [-0.4, -0.2) is 24.4 Å². The number of rotatable bonds is 2. The first-order valence-electron chi connectivity index (χ1n) is 5.19. The molecular formula is C10H19N3O2. The molecule has 3 N–H and O–H groups in total. The van der Waals surface area contributed by atoms with Gasteiger partial charge in [0.25, 0.3) is 0 Å². The summed E-state index contributed by atoms with van der Waals surface area (Å²) in [7, 11) is 0. The van der Waals surface area contributed by atoms with Crippen molar-refractivity contribution in [1.29, 1.82) is 0 Å². The van der Waals surface area contributed by atoms with E-state index in [9.17, 15) is 4.79 Å². The summed E-state index contributed by atoms with van der Waals surface area (Å²) in [5.74, 6) is -0.0199. The molecule has 1 rings (SSSR count). The molecule has 1 saturated heterocycles. The zero-order valence-electron chi connectivity index (χ0n) is 9.54. The molecule has 0 aromatic heterocycles. The van der Waals surface area contributed by atoms with Crippen molar-refractivity contribution in [2.45, 2.75) is 39.7 Å². The van der Waals surface area contributed by atoms with E-state index in [0.717, 1.165) is 19.4 Å². The number of carbonyl (C=O) groups is 1. The number of hydrogen-bond acceptors (Lipinski definition) is 4. The van der Waals surface area contributed by atoms with Gasteiger partial charge in [-0.05, 0) is 40.2 Å². The smallest absolute Gasteiger partial charge is 0.340 e. The van der Waals surface area contributed by atoms with Gasteiger partial charge in [0, 0.05) is 0 Å². The van der Waals surface area contributed by atoms with Crippen LogP contribution in [0.15, 0.2) is 5.16 Å². The summed E-state index contributed by atoms with van der Waals surface area (Å²) in [6.07, 6.45) is 2.02. The van der Waals surface area contributed by atoms with Gasteiger partial charge in [0.15, 0.2) is 5.84 Å². The summed E-state index contributed by atoms with van der Waals surface area (Å²) in [5, 5.41) is 6.83. The van der Waals surface area contributed by atoms with E-state index in [0.29, 0.717) is 5.84 Å². The quantitative estimate of drug-likeness (QED) is 0.305. The van der Waals surface area contributed by atoms with Crippen LogP contribution in [0.5, 0.6) is 0 Å². The molecule has 0 aromatic carbocycles. The lowest BCUT2D eigenvalue weighted by Crippen LogP contribution is -2.37. The molecule has 0 radical (unpaired) electrons. The summed E-state index contributed by atoms with van der Waals surface area (Å²) in [5.41, 5.74) is 5.13. The van der Waals surface area contributed by atoms with Gasteiger partial charge in [-0.25, -0.2) is 4.79 Å². The Morgan fingerprint density at radius 2 is 2.20 bits per heavy atom. The average molecular weight is 213 g/mol. The molecule has 15 heavy (non-hydrogen) atoms. The monoisotopic (exact) mass is 213 g/mol. The lowest BCUT2D eigenvalue weighted by atomic mass is 9.98. The van der Waals surface area contributed by atoms with Crippen LogP contribution < -0.4 is 11.1 Å². The van der Waals surface area contributed by atoms with Gasteiger partial charge in [-0.2, -0.15) is 0 Å². The average Bonchev–Trinajstić information content (AvgIpc) is 2.64. The number of nitrogens with one attached hydrogen (secondary N) is 1. The molecule has 0 bridgehead atoms. The Balaban J connectivity index is 2.46. The third-order valence-corrected chi connectivity index (χ3v) is 2.26. The summed E-state index contributed by atoms with van der Waals surface area (Å²) >= 11 is 0. The number of hydrogen-bond donors (Lipinski definition) is 2. The van der Waals surface area contributed by atoms with E-state index in [2.05, 4.69) is 10.5 Å². The van der Waals surface area contributed by atoms with Crippen molar-refractivity contribution >= 4 is 11.8 Å². The minimum atomic E-state index is -0.549. The van der Waals surface area contributed by atoms with Crippen LogP contribution in [0.25, 0.3) is 0 Å². The van der Waals surface area contributed by atoms with E-state index in [-0.39, 0.29) is 12.0 Å². The summed E-state index contributed by atoms with van der Waals surface area (Å²) in [6.45, 7) is 6.26. The standard InChI is InChI=1S/C10H19N3O2/c1-10(2,3)9(14)15-13-8(11)7-5-4-6-12-7/h7,12H,4-6H2,1-3H3,(H2,11,13). The zero-order valence-corrected chi connectivity index (χ0v) is 9.54. The molecule has 5 heteroatoms. The topological polar surface area (TPSA) is 76.7 Å². The summed E-state index contributed by atoms with van der Waals surface area (Å²) in [4.78, 5) is 16.1. The molecule has 1 aliphatic rings. The van der Waals surface area contributed by atoms with E-state index >= 15 is 0 Å². The minimum Gasteiger partial charge on any atom is -0.383 e. The second-order valence-corrected chi connectivity index (χ2v) is 4.79. The van der Waals surface area contributed by atoms with Gasteiger partial charge >= 0.3 is 5.97 Å². The van der Waals surface area contributed by atoms with E-state index in [1.807, 2.05) is 0 Å². The van der Waals surface area contributed by atoms with Gasteiger partial charge in [-0.3, -0.25) is 0 Å². The van der Waals surface area contributed by atoms with Gasteiger partial charge in [-0.15, -0.1) is 0 Å². The molecule has 1 fully saturated rings. The lowest BCUT2D eigenvalue weighted by molar-refractivity contribution is -0.152. The largest absolute Gasteiger partial charge is 0.383 e. The number of nitrogens with two attached hydrogens (primary N) is 1. The minimum absolute atomic E-state index is 0.0535. The summed E-state index contributed by atoms with van der Waals surface area (Å²) in [6, 6.07) is 0.0535. The van der Waals surface area contributed by atoms with Crippen LogP contribution in [0.4, 0.5) is 0 Å². The molecule has 1 heterocycles. The lowest BCUT2D eigenvalue weighted by Gasteiger charge is -2.14. The Labute approximate surface area is 90.0 Å². The van der Waals surface area contributed by atoms with Crippen molar-refractivity contribution in [3.63, 3.8) is 0 Å². The molecule has 0 amide bonds. The van der Waals surface area contributed by atoms with Gasteiger partial charge in [-0.1, -0.05) is 5.16 Å². The van der Waals surface area contributed by atoms with Crippen molar-refractivity contribution < 1.29 is 9.63 Å². The van der Waals surface area contributed by atoms with E-state index in [1.165, 1.54) is 0 Å². The van der Waals surface area contributed by atoms with Crippen LogP contribution >= 0.6 is 0 Å². The second-order valence-electron chi connectivity index (χ2n) is 4.79. The molecule has 5 nitrogen and oxygen atoms in total. The van der Waals surface area contributed by atoms with E-state index in [4.69, 9.17) is 10.6 Å². The van der Waals surface area contributed by atoms with Crippen molar-refractivity contribution in [3.05, 3.63) is 0 Å². The Kier molecular flexibility index (Phi) is 3.68. The molecule has 0 spiro atoms. The number of nitrogens with zero attached hydrogens (tertiary/aromatic N) is 1. The first-order valence-corrected chi connectivity index (χ1v) is 5.19. The van der Waals surface area contributed by atoms with Crippen LogP contribution in [0.2, 0.25) is 0 Å². The first-order chi connectivity index (χ1) is 6.91. The van der Waals surface area contributed by atoms with Crippen molar-refractivity contribution in [2.75, 3.05) is 6.54 Å². The first kappa shape index (κ1) is 12.0. The highest BCUT2D eigenvalue weighted by Gasteiger charge is 2.24. The molecule has 0 aliphatic carbocycles. The second kappa shape index (κ2) is 4.61. The molecule has 86 valence electrons. The maximum absolute atomic E-state index is 11.4. The van der Waals surface area contributed by atoms with Crippen LogP contribution in [0, 0.1) is 5.41 Å². The Bertz CT molecular complexity index is 262. The third-order valence-electron chi connectivity index (χ3n) is 2.26. The molecule has 1 aliphatic heterocycles. The molecule has 0 aromatic rings. The molecule has 0 saturated carbocycles. The number of amidine groups is 1. The normalized spacial score (nSPS) is 22.9. The predicted octanol–water partition coefficient (Wildman–Crippen LogP) is 0.600. The van der Waals surface area contributed by atoms with Gasteiger partial charge in [0.1, 0.15) is 0 Å².